The molecule has 0 aliphatic carbocycles. The van der Waals surface area contributed by atoms with Gasteiger partial charge in [0.15, 0.2) is 0 Å². The zero-order chi connectivity index (χ0) is 15.2. The first-order valence-electron chi connectivity index (χ1n) is 7.01. The van der Waals surface area contributed by atoms with Crippen LogP contribution >= 0.6 is 11.6 Å². The van der Waals surface area contributed by atoms with Gasteiger partial charge in [0.05, 0.1) is 30.2 Å². The molecule has 1 atom stereocenters. The lowest BCUT2D eigenvalue weighted by molar-refractivity contribution is -0.128. The van der Waals surface area contributed by atoms with Gasteiger partial charge in [0.2, 0.25) is 11.8 Å². The fourth-order valence-corrected chi connectivity index (χ4v) is 2.69. The van der Waals surface area contributed by atoms with E-state index in [0.29, 0.717) is 24.7 Å². The molecule has 3 N–H and O–H groups in total. The lowest BCUT2D eigenvalue weighted by Crippen LogP contribution is -2.46. The molecule has 8 heteroatoms. The number of hydrogen-bond donors (Lipinski definition) is 2. The summed E-state index contributed by atoms with van der Waals surface area (Å²) in [4.78, 5) is 25.0. The highest BCUT2D eigenvalue weighted by atomic mass is 35.5. The van der Waals surface area contributed by atoms with E-state index < -0.39 is 0 Å². The van der Waals surface area contributed by atoms with Gasteiger partial charge in [-0.25, -0.2) is 0 Å². The number of likely N-dealkylation sites (tertiary alicyclic amines) is 1. The number of hydrogen-bond acceptors (Lipinski definition) is 4. The molecule has 0 radical (unpaired) electrons. The molecule has 1 aliphatic rings. The van der Waals surface area contributed by atoms with Crippen LogP contribution in [0.15, 0.2) is 12.4 Å². The molecule has 1 aliphatic heterocycles. The maximum Gasteiger partial charge on any atom is 0.231 e. The second kappa shape index (κ2) is 7.42. The number of piperidine rings is 1. The predicted molar refractivity (Wildman–Crippen MR) is 78.6 cm³/mol. The number of carbonyl (C=O) groups excluding carboxylic acids is 2. The van der Waals surface area contributed by atoms with Gasteiger partial charge < -0.3 is 11.1 Å². The number of amides is 2. The molecule has 2 heterocycles. The predicted octanol–water partition coefficient (Wildman–Crippen LogP) is -0.150. The largest absolute Gasteiger partial charge is 0.369 e. The number of halogens is 1. The molecule has 2 amide bonds. The van der Waals surface area contributed by atoms with Crippen molar-refractivity contribution in [2.45, 2.75) is 19.4 Å². The molecule has 1 aromatic heterocycles. The smallest absolute Gasteiger partial charge is 0.231 e. The lowest BCUT2D eigenvalue weighted by atomic mass is 9.97. The highest BCUT2D eigenvalue weighted by Gasteiger charge is 2.26. The minimum Gasteiger partial charge on any atom is -0.369 e. The maximum atomic E-state index is 12.1. The molecule has 1 fully saturated rings. The SMILES string of the molecule is NC(=O)CN1CCCC(C(=O)NCCn2cc(Cl)cn2)C1. The highest BCUT2D eigenvalue weighted by Crippen LogP contribution is 2.16. The van der Waals surface area contributed by atoms with Gasteiger partial charge in [0.1, 0.15) is 0 Å². The van der Waals surface area contributed by atoms with E-state index in [-0.39, 0.29) is 24.3 Å². The number of nitrogens with one attached hydrogen (secondary N) is 1. The number of carbonyl (C=O) groups is 2. The third-order valence-electron chi connectivity index (χ3n) is 3.50. The summed E-state index contributed by atoms with van der Waals surface area (Å²) in [6, 6.07) is 0. The molecule has 116 valence electrons. The van der Waals surface area contributed by atoms with Crippen LogP contribution in [-0.2, 0) is 16.1 Å². The van der Waals surface area contributed by atoms with Crippen LogP contribution in [-0.4, -0.2) is 52.7 Å². The second-order valence-corrected chi connectivity index (χ2v) is 5.69. The Morgan fingerprint density at radius 3 is 3.00 bits per heavy atom. The minimum atomic E-state index is -0.355. The summed E-state index contributed by atoms with van der Waals surface area (Å²) in [6.07, 6.45) is 5.02. The van der Waals surface area contributed by atoms with Crippen LogP contribution in [0.25, 0.3) is 0 Å². The van der Waals surface area contributed by atoms with Gasteiger partial charge in [-0.3, -0.25) is 19.2 Å². The van der Waals surface area contributed by atoms with E-state index in [1.165, 1.54) is 0 Å². The first-order valence-corrected chi connectivity index (χ1v) is 7.38. The summed E-state index contributed by atoms with van der Waals surface area (Å²) < 4.78 is 1.68. The Morgan fingerprint density at radius 1 is 1.52 bits per heavy atom. The summed E-state index contributed by atoms with van der Waals surface area (Å²) >= 11 is 5.77. The Bertz CT molecular complexity index is 505. The first-order chi connectivity index (χ1) is 10.0. The number of primary amides is 1. The van der Waals surface area contributed by atoms with Crippen molar-refractivity contribution in [3.8, 4) is 0 Å². The monoisotopic (exact) mass is 313 g/mol. The zero-order valence-electron chi connectivity index (χ0n) is 11.8. The normalized spacial score (nSPS) is 19.4. The highest BCUT2D eigenvalue weighted by molar-refractivity contribution is 6.30. The van der Waals surface area contributed by atoms with E-state index in [4.69, 9.17) is 17.3 Å². The number of rotatable bonds is 6. The summed E-state index contributed by atoms with van der Waals surface area (Å²) in [5.74, 6) is -0.423. The molecular formula is C13H20ClN5O2. The molecule has 1 unspecified atom stereocenters. The fourth-order valence-electron chi connectivity index (χ4n) is 2.53. The molecule has 2 rings (SSSR count). The lowest BCUT2D eigenvalue weighted by Gasteiger charge is -2.30. The van der Waals surface area contributed by atoms with Gasteiger partial charge >= 0.3 is 0 Å². The van der Waals surface area contributed by atoms with E-state index >= 15 is 0 Å². The van der Waals surface area contributed by atoms with Gasteiger partial charge in [0.25, 0.3) is 0 Å². The third-order valence-corrected chi connectivity index (χ3v) is 3.69. The first kappa shape index (κ1) is 15.8. The van der Waals surface area contributed by atoms with Crippen molar-refractivity contribution in [2.75, 3.05) is 26.2 Å². The van der Waals surface area contributed by atoms with Gasteiger partial charge in [-0.15, -0.1) is 0 Å². The van der Waals surface area contributed by atoms with E-state index in [1.807, 2.05) is 4.90 Å². The van der Waals surface area contributed by atoms with Crippen LogP contribution in [0, 0.1) is 5.92 Å². The molecule has 7 nitrogen and oxygen atoms in total. The van der Waals surface area contributed by atoms with Crippen LogP contribution in [0.5, 0.6) is 0 Å². The maximum absolute atomic E-state index is 12.1. The molecule has 0 aromatic carbocycles. The van der Waals surface area contributed by atoms with Crippen molar-refractivity contribution in [3.63, 3.8) is 0 Å². The summed E-state index contributed by atoms with van der Waals surface area (Å²) in [6.45, 7) is 2.70. The van der Waals surface area contributed by atoms with Gasteiger partial charge in [-0.2, -0.15) is 5.10 Å². The molecule has 21 heavy (non-hydrogen) atoms. The molecule has 0 spiro atoms. The average Bonchev–Trinajstić information content (AvgIpc) is 2.84. The van der Waals surface area contributed by atoms with Crippen molar-refractivity contribution < 1.29 is 9.59 Å². The molecular weight excluding hydrogens is 294 g/mol. The van der Waals surface area contributed by atoms with E-state index in [0.717, 1.165) is 19.4 Å². The van der Waals surface area contributed by atoms with Crippen LogP contribution in [0.1, 0.15) is 12.8 Å². The summed E-state index contributed by atoms with van der Waals surface area (Å²) in [5.41, 5.74) is 5.19. The Labute approximate surface area is 128 Å². The molecule has 0 saturated carbocycles. The summed E-state index contributed by atoms with van der Waals surface area (Å²) in [5, 5.41) is 7.52. The fraction of sp³-hybridized carbons (Fsp3) is 0.615. The van der Waals surface area contributed by atoms with Crippen molar-refractivity contribution in [2.24, 2.45) is 11.7 Å². The standard InChI is InChI=1S/C13H20ClN5O2/c14-11-6-17-19(8-11)5-3-16-13(21)10-2-1-4-18(7-10)9-12(15)20/h6,8,10H,1-5,7,9H2,(H2,15,20)(H,16,21). The Balaban J connectivity index is 1.73. The van der Waals surface area contributed by atoms with Gasteiger partial charge in [-0.1, -0.05) is 11.6 Å². The number of nitrogens with two attached hydrogens (primary N) is 1. The van der Waals surface area contributed by atoms with Crippen LogP contribution in [0.3, 0.4) is 0 Å². The van der Waals surface area contributed by atoms with E-state index in [9.17, 15) is 9.59 Å². The van der Waals surface area contributed by atoms with Crippen LogP contribution in [0.2, 0.25) is 5.02 Å². The second-order valence-electron chi connectivity index (χ2n) is 5.25. The Hall–Kier alpha value is -1.60. The van der Waals surface area contributed by atoms with Crippen molar-refractivity contribution in [1.82, 2.24) is 20.0 Å². The Kier molecular flexibility index (Phi) is 5.58. The number of aromatic nitrogens is 2. The van der Waals surface area contributed by atoms with E-state index in [1.54, 1.807) is 17.1 Å². The number of nitrogens with zero attached hydrogens (tertiary/aromatic N) is 3. The van der Waals surface area contributed by atoms with Gasteiger partial charge in [0, 0.05) is 19.3 Å². The van der Waals surface area contributed by atoms with Crippen molar-refractivity contribution in [3.05, 3.63) is 17.4 Å². The molecule has 1 aromatic rings. The van der Waals surface area contributed by atoms with Crippen molar-refractivity contribution in [1.29, 1.82) is 0 Å². The van der Waals surface area contributed by atoms with Crippen LogP contribution in [0.4, 0.5) is 0 Å². The van der Waals surface area contributed by atoms with Crippen molar-refractivity contribution >= 4 is 23.4 Å². The topological polar surface area (TPSA) is 93.3 Å². The van der Waals surface area contributed by atoms with E-state index in [2.05, 4.69) is 10.4 Å². The molecule has 0 bridgehead atoms. The van der Waals surface area contributed by atoms with Crippen LogP contribution < -0.4 is 11.1 Å². The zero-order valence-corrected chi connectivity index (χ0v) is 12.6. The van der Waals surface area contributed by atoms with Gasteiger partial charge in [-0.05, 0) is 19.4 Å². The quantitative estimate of drug-likeness (QED) is 0.764. The molecule has 1 saturated heterocycles. The minimum absolute atomic E-state index is 0.0161. The average molecular weight is 314 g/mol. The third kappa shape index (κ3) is 5.02. The Morgan fingerprint density at radius 2 is 2.33 bits per heavy atom. The summed E-state index contributed by atoms with van der Waals surface area (Å²) in [7, 11) is 0.